The van der Waals surface area contributed by atoms with Crippen molar-refractivity contribution in [3.05, 3.63) is 71.5 Å². The second-order valence-electron chi connectivity index (χ2n) is 6.35. The SMILES string of the molecule is Cc1cccc(-n2c(Cc3ccccc3)nnc2S[C@H](C)C(=O)NC(N)=O)c1. The first-order chi connectivity index (χ1) is 13.4. The number of benzene rings is 2. The van der Waals surface area contributed by atoms with Crippen molar-refractivity contribution in [2.24, 2.45) is 5.73 Å². The number of aromatic nitrogens is 3. The van der Waals surface area contributed by atoms with Crippen LogP contribution in [0.5, 0.6) is 0 Å². The number of urea groups is 1. The van der Waals surface area contributed by atoms with Crippen LogP contribution >= 0.6 is 11.8 Å². The van der Waals surface area contributed by atoms with Crippen molar-refractivity contribution in [3.8, 4) is 5.69 Å². The number of hydrogen-bond donors (Lipinski definition) is 2. The van der Waals surface area contributed by atoms with Gasteiger partial charge < -0.3 is 5.73 Å². The molecule has 28 heavy (non-hydrogen) atoms. The van der Waals surface area contributed by atoms with Gasteiger partial charge >= 0.3 is 6.03 Å². The Morgan fingerprint density at radius 1 is 1.14 bits per heavy atom. The van der Waals surface area contributed by atoms with Gasteiger partial charge in [-0.3, -0.25) is 14.7 Å². The molecule has 3 amide bonds. The van der Waals surface area contributed by atoms with Gasteiger partial charge in [0.2, 0.25) is 5.91 Å². The van der Waals surface area contributed by atoms with E-state index in [-0.39, 0.29) is 0 Å². The van der Waals surface area contributed by atoms with E-state index in [1.165, 1.54) is 11.8 Å². The summed E-state index contributed by atoms with van der Waals surface area (Å²) in [6, 6.07) is 17.1. The molecular weight excluding hydrogens is 374 g/mol. The van der Waals surface area contributed by atoms with Crippen LogP contribution in [0.2, 0.25) is 0 Å². The molecule has 0 unspecified atom stereocenters. The summed E-state index contributed by atoms with van der Waals surface area (Å²) in [4.78, 5) is 23.0. The topological polar surface area (TPSA) is 103 Å². The molecule has 7 nitrogen and oxygen atoms in total. The van der Waals surface area contributed by atoms with Gasteiger partial charge in [0.1, 0.15) is 5.82 Å². The van der Waals surface area contributed by atoms with Gasteiger partial charge in [-0.25, -0.2) is 4.79 Å². The second kappa shape index (κ2) is 8.71. The van der Waals surface area contributed by atoms with Gasteiger partial charge in [0.25, 0.3) is 0 Å². The molecular formula is C20H21N5O2S. The van der Waals surface area contributed by atoms with Crippen LogP contribution in [0.4, 0.5) is 4.79 Å². The predicted molar refractivity (Wildman–Crippen MR) is 108 cm³/mol. The Labute approximate surface area is 167 Å². The summed E-state index contributed by atoms with van der Waals surface area (Å²) in [5, 5.41) is 10.8. The molecule has 144 valence electrons. The largest absolute Gasteiger partial charge is 0.351 e. The minimum Gasteiger partial charge on any atom is -0.351 e. The Bertz CT molecular complexity index is 987. The van der Waals surface area contributed by atoms with Gasteiger partial charge in [-0.15, -0.1) is 10.2 Å². The molecule has 0 bridgehead atoms. The first kappa shape index (κ1) is 19.6. The Morgan fingerprint density at radius 3 is 2.57 bits per heavy atom. The van der Waals surface area contributed by atoms with E-state index in [2.05, 4.69) is 15.5 Å². The van der Waals surface area contributed by atoms with Crippen molar-refractivity contribution in [3.63, 3.8) is 0 Å². The van der Waals surface area contributed by atoms with Gasteiger partial charge in [0, 0.05) is 12.1 Å². The number of amides is 3. The van der Waals surface area contributed by atoms with E-state index < -0.39 is 17.2 Å². The number of carbonyl (C=O) groups excluding carboxylic acids is 2. The molecule has 0 fully saturated rings. The number of hydrogen-bond acceptors (Lipinski definition) is 5. The normalized spacial score (nSPS) is 11.8. The van der Waals surface area contributed by atoms with Gasteiger partial charge in [0.15, 0.2) is 5.16 Å². The van der Waals surface area contributed by atoms with Gasteiger partial charge in [-0.1, -0.05) is 54.2 Å². The highest BCUT2D eigenvalue weighted by Crippen LogP contribution is 2.27. The lowest BCUT2D eigenvalue weighted by Gasteiger charge is -2.13. The van der Waals surface area contributed by atoms with Gasteiger partial charge in [-0.05, 0) is 37.1 Å². The summed E-state index contributed by atoms with van der Waals surface area (Å²) < 4.78 is 1.94. The third-order valence-corrected chi connectivity index (χ3v) is 5.11. The predicted octanol–water partition coefficient (Wildman–Crippen LogP) is 2.84. The van der Waals surface area contributed by atoms with E-state index >= 15 is 0 Å². The van der Waals surface area contributed by atoms with E-state index in [0.717, 1.165) is 22.6 Å². The smallest absolute Gasteiger partial charge is 0.318 e. The summed E-state index contributed by atoms with van der Waals surface area (Å²) in [5.74, 6) is 0.294. The van der Waals surface area contributed by atoms with Crippen molar-refractivity contribution in [1.29, 1.82) is 0 Å². The second-order valence-corrected chi connectivity index (χ2v) is 7.66. The average molecular weight is 395 g/mol. The fourth-order valence-electron chi connectivity index (χ4n) is 2.73. The molecule has 3 aromatic rings. The molecule has 0 radical (unpaired) electrons. The first-order valence-electron chi connectivity index (χ1n) is 8.76. The van der Waals surface area contributed by atoms with Crippen molar-refractivity contribution in [1.82, 2.24) is 20.1 Å². The zero-order valence-electron chi connectivity index (χ0n) is 15.6. The van der Waals surface area contributed by atoms with Crippen molar-refractivity contribution in [2.75, 3.05) is 0 Å². The third-order valence-electron chi connectivity index (χ3n) is 4.06. The fourth-order valence-corrected chi connectivity index (χ4v) is 3.62. The molecule has 3 rings (SSSR count). The van der Waals surface area contributed by atoms with Crippen LogP contribution < -0.4 is 11.1 Å². The summed E-state index contributed by atoms with van der Waals surface area (Å²) >= 11 is 1.22. The number of thioether (sulfide) groups is 1. The Morgan fingerprint density at radius 2 is 1.89 bits per heavy atom. The molecule has 0 spiro atoms. The zero-order chi connectivity index (χ0) is 20.1. The molecule has 0 saturated carbocycles. The molecule has 1 atom stereocenters. The van der Waals surface area contributed by atoms with E-state index in [1.54, 1.807) is 6.92 Å². The van der Waals surface area contributed by atoms with Gasteiger partial charge in [-0.2, -0.15) is 0 Å². The van der Waals surface area contributed by atoms with Crippen LogP contribution in [0, 0.1) is 6.92 Å². The summed E-state index contributed by atoms with van der Waals surface area (Å²) in [5.41, 5.74) is 8.17. The number of imide groups is 1. The van der Waals surface area contributed by atoms with Crippen molar-refractivity contribution < 1.29 is 9.59 Å². The first-order valence-corrected chi connectivity index (χ1v) is 9.64. The molecule has 1 heterocycles. The average Bonchev–Trinajstić information content (AvgIpc) is 3.04. The third kappa shape index (κ3) is 4.77. The number of aryl methyl sites for hydroxylation is 1. The van der Waals surface area contributed by atoms with E-state index in [9.17, 15) is 9.59 Å². The van der Waals surface area contributed by atoms with Crippen molar-refractivity contribution >= 4 is 23.7 Å². The molecule has 2 aromatic carbocycles. The van der Waals surface area contributed by atoms with Crippen LogP contribution in [0.15, 0.2) is 59.8 Å². The number of primary amides is 1. The van der Waals surface area contributed by atoms with Crippen LogP contribution in [-0.4, -0.2) is 32.0 Å². The lowest BCUT2D eigenvalue weighted by molar-refractivity contribution is -0.119. The van der Waals surface area contributed by atoms with Gasteiger partial charge in [0.05, 0.1) is 5.25 Å². The number of nitrogens with one attached hydrogen (secondary N) is 1. The van der Waals surface area contributed by atoms with Crippen molar-refractivity contribution in [2.45, 2.75) is 30.7 Å². The van der Waals surface area contributed by atoms with Crippen LogP contribution in [0.3, 0.4) is 0 Å². The number of rotatable bonds is 6. The Balaban J connectivity index is 1.96. The Hall–Kier alpha value is -3.13. The fraction of sp³-hybridized carbons (Fsp3) is 0.200. The molecule has 0 aliphatic rings. The maximum absolute atomic E-state index is 12.1. The summed E-state index contributed by atoms with van der Waals surface area (Å²) in [6.07, 6.45) is 0.601. The molecule has 1 aromatic heterocycles. The number of carbonyl (C=O) groups is 2. The maximum Gasteiger partial charge on any atom is 0.318 e. The standard InChI is InChI=1S/C20H21N5O2S/c1-13-7-6-10-16(11-13)25-17(12-15-8-4-3-5-9-15)23-24-20(25)28-14(2)18(26)22-19(21)27/h3-11,14H,12H2,1-2H3,(H3,21,22,26,27)/t14-/m1/s1. The van der Waals surface area contributed by atoms with E-state index in [4.69, 9.17) is 5.73 Å². The molecule has 0 aliphatic carbocycles. The lowest BCUT2D eigenvalue weighted by Crippen LogP contribution is -2.39. The minimum atomic E-state index is -0.873. The highest BCUT2D eigenvalue weighted by molar-refractivity contribution is 8.00. The van der Waals surface area contributed by atoms with Crippen LogP contribution in [0.1, 0.15) is 23.9 Å². The number of nitrogens with zero attached hydrogens (tertiary/aromatic N) is 3. The molecule has 0 aliphatic heterocycles. The summed E-state index contributed by atoms with van der Waals surface area (Å²) in [7, 11) is 0. The van der Waals surface area contributed by atoms with E-state index in [1.807, 2.05) is 66.1 Å². The number of nitrogens with two attached hydrogens (primary N) is 1. The maximum atomic E-state index is 12.1. The summed E-state index contributed by atoms with van der Waals surface area (Å²) in [6.45, 7) is 3.70. The minimum absolute atomic E-state index is 0.471. The molecule has 8 heteroatoms. The van der Waals surface area contributed by atoms with Crippen LogP contribution in [0.25, 0.3) is 5.69 Å². The zero-order valence-corrected chi connectivity index (χ0v) is 16.4. The van der Waals surface area contributed by atoms with E-state index in [0.29, 0.717) is 11.6 Å². The Kier molecular flexibility index (Phi) is 6.10. The van der Waals surface area contributed by atoms with Crippen LogP contribution in [-0.2, 0) is 11.2 Å². The lowest BCUT2D eigenvalue weighted by atomic mass is 10.1. The monoisotopic (exact) mass is 395 g/mol. The quantitative estimate of drug-likeness (QED) is 0.625. The highest BCUT2D eigenvalue weighted by Gasteiger charge is 2.22. The molecule has 3 N–H and O–H groups in total. The highest BCUT2D eigenvalue weighted by atomic mass is 32.2. The molecule has 0 saturated heterocycles.